The maximum atomic E-state index is 10.0. The number of benzene rings is 1. The van der Waals surface area contributed by atoms with Crippen molar-refractivity contribution in [1.29, 1.82) is 0 Å². The topological polar surface area (TPSA) is 43.1 Å². The van der Waals surface area contributed by atoms with Crippen LogP contribution in [0.2, 0.25) is 0 Å². The molecular weight excluding hydrogens is 125 g/mol. The van der Waals surface area contributed by atoms with Crippen LogP contribution in [-0.4, -0.2) is 23.8 Å². The fourth-order valence-corrected chi connectivity index (χ4v) is 0.550. The molecule has 0 aliphatic heterocycles. The number of para-hydroxylation sites is 1. The summed E-state index contributed by atoms with van der Waals surface area (Å²) in [5, 5.41) is 10.0. The Bertz CT molecular complexity index is 212. The normalized spacial score (nSPS) is 8.00. The van der Waals surface area contributed by atoms with Crippen LogP contribution < -0.4 is 0 Å². The number of nitro groups is 1. The van der Waals surface area contributed by atoms with Crippen LogP contribution in [0.3, 0.4) is 0 Å². The molecule has 0 saturated heterocycles. The first kappa shape index (κ1) is 9.22. The fourth-order valence-electron chi connectivity index (χ4n) is 0.550. The molecule has 48 valence electrons. The summed E-state index contributed by atoms with van der Waals surface area (Å²) in [6.45, 7) is 0. The van der Waals surface area contributed by atoms with E-state index < -0.39 is 4.92 Å². The molecule has 0 heterocycles. The van der Waals surface area contributed by atoms with Crippen molar-refractivity contribution in [2.75, 3.05) is 0 Å². The molecule has 0 aromatic heterocycles. The summed E-state index contributed by atoms with van der Waals surface area (Å²) in [7, 11) is 0. The zero-order chi connectivity index (χ0) is 6.69. The zero-order valence-corrected chi connectivity index (χ0v) is 4.65. The first-order valence-electron chi connectivity index (χ1n) is 2.50. The third kappa shape index (κ3) is 2.22. The van der Waals surface area contributed by atoms with Gasteiger partial charge in [0.05, 0.1) is 4.92 Å². The number of nitrogens with zero attached hydrogens (tertiary/aromatic N) is 1. The first-order valence-corrected chi connectivity index (χ1v) is 2.50. The third-order valence-electron chi connectivity index (χ3n) is 0.967. The zero-order valence-electron chi connectivity index (χ0n) is 4.65. The standard InChI is InChI=1S/C6H5NO2.Li.H/c8-7(9)6-4-2-1-3-5-6;;/h1-5H;;. The molecule has 0 saturated carbocycles. The predicted octanol–water partition coefficient (Wildman–Crippen LogP) is 0.946. The summed E-state index contributed by atoms with van der Waals surface area (Å²) in [6.07, 6.45) is 0. The van der Waals surface area contributed by atoms with Crippen LogP contribution >= 0.6 is 0 Å². The van der Waals surface area contributed by atoms with Gasteiger partial charge in [0.15, 0.2) is 0 Å². The van der Waals surface area contributed by atoms with E-state index in [1.807, 2.05) is 0 Å². The van der Waals surface area contributed by atoms with Gasteiger partial charge in [-0.1, -0.05) is 18.2 Å². The summed E-state index contributed by atoms with van der Waals surface area (Å²) in [5.74, 6) is 0. The molecule has 4 heteroatoms. The minimum atomic E-state index is -0.417. The summed E-state index contributed by atoms with van der Waals surface area (Å²) in [4.78, 5) is 9.59. The molecule has 1 aromatic carbocycles. The number of rotatable bonds is 1. The van der Waals surface area contributed by atoms with E-state index in [0.717, 1.165) is 0 Å². The Kier molecular flexibility index (Phi) is 3.78. The van der Waals surface area contributed by atoms with Crippen molar-refractivity contribution in [3.05, 3.63) is 40.4 Å². The Balaban J connectivity index is 0.000000810. The molecular formula is C6H6LiNO2. The van der Waals surface area contributed by atoms with Crippen LogP contribution in [0.25, 0.3) is 0 Å². The van der Waals surface area contributed by atoms with Crippen molar-refractivity contribution in [2.24, 2.45) is 0 Å². The van der Waals surface area contributed by atoms with Crippen LogP contribution in [0, 0.1) is 10.1 Å². The van der Waals surface area contributed by atoms with Crippen LogP contribution in [-0.2, 0) is 0 Å². The second-order valence-electron chi connectivity index (χ2n) is 1.59. The predicted molar refractivity (Wildman–Crippen MR) is 40.2 cm³/mol. The second-order valence-corrected chi connectivity index (χ2v) is 1.59. The molecule has 0 atom stereocenters. The van der Waals surface area contributed by atoms with Crippen molar-refractivity contribution >= 4 is 24.5 Å². The Morgan fingerprint density at radius 3 is 2.00 bits per heavy atom. The molecule has 0 bridgehead atoms. The van der Waals surface area contributed by atoms with Crippen molar-refractivity contribution in [1.82, 2.24) is 0 Å². The van der Waals surface area contributed by atoms with Gasteiger partial charge < -0.3 is 0 Å². The quantitative estimate of drug-likeness (QED) is 0.323. The van der Waals surface area contributed by atoms with Gasteiger partial charge in [-0.05, 0) is 0 Å². The summed E-state index contributed by atoms with van der Waals surface area (Å²) < 4.78 is 0. The molecule has 10 heavy (non-hydrogen) atoms. The Morgan fingerprint density at radius 1 is 1.20 bits per heavy atom. The summed E-state index contributed by atoms with van der Waals surface area (Å²) in [5.41, 5.74) is 0.137. The van der Waals surface area contributed by atoms with Crippen LogP contribution in [0.5, 0.6) is 0 Å². The van der Waals surface area contributed by atoms with Crippen LogP contribution in [0.1, 0.15) is 0 Å². The van der Waals surface area contributed by atoms with Crippen LogP contribution in [0.15, 0.2) is 30.3 Å². The van der Waals surface area contributed by atoms with E-state index in [0.29, 0.717) is 0 Å². The van der Waals surface area contributed by atoms with Gasteiger partial charge in [0.1, 0.15) is 0 Å². The van der Waals surface area contributed by atoms with Gasteiger partial charge in [0, 0.05) is 12.1 Å². The van der Waals surface area contributed by atoms with E-state index in [1.54, 1.807) is 18.2 Å². The average molecular weight is 131 g/mol. The molecule has 0 fully saturated rings. The second kappa shape index (κ2) is 4.10. The van der Waals surface area contributed by atoms with Gasteiger partial charge in [-0.15, -0.1) is 0 Å². The molecule has 0 N–H and O–H groups in total. The summed E-state index contributed by atoms with van der Waals surface area (Å²) >= 11 is 0. The molecule has 0 unspecified atom stereocenters. The van der Waals surface area contributed by atoms with Gasteiger partial charge in [0.25, 0.3) is 5.69 Å². The monoisotopic (exact) mass is 131 g/mol. The van der Waals surface area contributed by atoms with E-state index in [4.69, 9.17) is 0 Å². The third-order valence-corrected chi connectivity index (χ3v) is 0.967. The number of nitro benzene ring substituents is 1. The Labute approximate surface area is 70.4 Å². The molecule has 0 spiro atoms. The van der Waals surface area contributed by atoms with Gasteiger partial charge in [-0.25, -0.2) is 0 Å². The van der Waals surface area contributed by atoms with E-state index in [9.17, 15) is 10.1 Å². The van der Waals surface area contributed by atoms with E-state index in [2.05, 4.69) is 0 Å². The minimum absolute atomic E-state index is 0. The first-order chi connectivity index (χ1) is 4.30. The molecule has 0 amide bonds. The van der Waals surface area contributed by atoms with E-state index in [1.165, 1.54) is 12.1 Å². The average Bonchev–Trinajstić information content (AvgIpc) is 1.90. The molecule has 0 aliphatic carbocycles. The van der Waals surface area contributed by atoms with E-state index >= 15 is 0 Å². The van der Waals surface area contributed by atoms with Crippen molar-refractivity contribution in [3.8, 4) is 0 Å². The van der Waals surface area contributed by atoms with Gasteiger partial charge in [-0.2, -0.15) is 0 Å². The molecule has 0 radical (unpaired) electrons. The maximum absolute atomic E-state index is 10.0. The number of non-ortho nitro benzene ring substituents is 1. The molecule has 1 rings (SSSR count). The molecule has 3 nitrogen and oxygen atoms in total. The van der Waals surface area contributed by atoms with Crippen molar-refractivity contribution in [3.63, 3.8) is 0 Å². The van der Waals surface area contributed by atoms with Crippen LogP contribution in [0.4, 0.5) is 5.69 Å². The summed E-state index contributed by atoms with van der Waals surface area (Å²) in [6, 6.07) is 7.93. The van der Waals surface area contributed by atoms with E-state index in [-0.39, 0.29) is 24.5 Å². The number of hydrogen-bond donors (Lipinski definition) is 0. The number of hydrogen-bond acceptors (Lipinski definition) is 2. The van der Waals surface area contributed by atoms with Gasteiger partial charge in [0.2, 0.25) is 0 Å². The van der Waals surface area contributed by atoms with Crippen molar-refractivity contribution < 1.29 is 4.92 Å². The fraction of sp³-hybridized carbons (Fsp3) is 0. The Morgan fingerprint density at radius 2 is 1.70 bits per heavy atom. The Hall–Kier alpha value is -0.783. The molecule has 1 aromatic rings. The van der Waals surface area contributed by atoms with Crippen molar-refractivity contribution in [2.45, 2.75) is 0 Å². The SMILES string of the molecule is O=[N+]([O-])c1ccccc1.[LiH]. The molecule has 0 aliphatic rings. The van der Waals surface area contributed by atoms with Gasteiger partial charge >= 0.3 is 18.9 Å². The van der Waals surface area contributed by atoms with Gasteiger partial charge in [-0.3, -0.25) is 10.1 Å².